The SMILES string of the molecule is CCCC(NC(=O)[C@@H]1[C@H]2CCC[C@H]2CN1C(=O)[C@@H](NC(=O)[C@H](NC(=O)c1cnccn1)C(C)C)C(C)(C)C)C(=O)C(=O)N[C@@H](Cc1ccccc1)C(=O)O. The molecular weight excluding hydrogens is 694 g/mol. The summed E-state index contributed by atoms with van der Waals surface area (Å²) in [4.78, 5) is 103. The van der Waals surface area contributed by atoms with Gasteiger partial charge in [-0.3, -0.25) is 33.8 Å². The van der Waals surface area contributed by atoms with Crippen LogP contribution < -0.4 is 21.3 Å². The molecule has 1 aliphatic heterocycles. The Kier molecular flexibility index (Phi) is 14.0. The number of rotatable bonds is 16. The third kappa shape index (κ3) is 10.3. The number of carbonyl (C=O) groups excluding carboxylic acids is 6. The van der Waals surface area contributed by atoms with E-state index in [1.54, 1.807) is 71.9 Å². The number of carboxylic acids is 1. The molecule has 4 rings (SSSR count). The average molecular weight is 748 g/mol. The highest BCUT2D eigenvalue weighted by atomic mass is 16.4. The second-order valence-corrected chi connectivity index (χ2v) is 15.7. The van der Waals surface area contributed by atoms with Gasteiger partial charge in [0.05, 0.1) is 12.2 Å². The van der Waals surface area contributed by atoms with Crippen LogP contribution in [0.2, 0.25) is 0 Å². The van der Waals surface area contributed by atoms with Gasteiger partial charge in [0.2, 0.25) is 23.5 Å². The Morgan fingerprint density at radius 2 is 1.63 bits per heavy atom. The standard InChI is InChI=1S/C39H53N7O8/c1-7-12-26(31(47)36(51)43-27(38(53)54)19-23-13-9-8-10-14-23)42-35(50)30-25-16-11-15-24(25)21-46(30)37(52)32(39(4,5)6)45-34(49)29(22(2)3)44-33(48)28-20-40-17-18-41-28/h8-10,13-14,17-18,20,22,24-27,29-30,32H,7,11-12,15-16,19,21H2,1-6H3,(H,42,50)(H,43,51)(H,44,48)(H,45,49)(H,53,54)/t24-,25-,26?,27-,29+,30-,32+/m0/s1. The summed E-state index contributed by atoms with van der Waals surface area (Å²) in [7, 11) is 0. The quantitative estimate of drug-likeness (QED) is 0.158. The van der Waals surface area contributed by atoms with Crippen LogP contribution in [0.4, 0.5) is 0 Å². The maximum absolute atomic E-state index is 14.5. The van der Waals surface area contributed by atoms with Crippen LogP contribution in [-0.4, -0.2) is 98.0 Å². The van der Waals surface area contributed by atoms with Crippen molar-refractivity contribution in [1.29, 1.82) is 0 Å². The van der Waals surface area contributed by atoms with Gasteiger partial charge in [-0.25, -0.2) is 9.78 Å². The van der Waals surface area contributed by atoms with E-state index in [9.17, 15) is 38.7 Å². The number of aliphatic carboxylic acids is 1. The van der Waals surface area contributed by atoms with Gasteiger partial charge < -0.3 is 31.3 Å². The minimum absolute atomic E-state index is 0.0219. The molecule has 0 bridgehead atoms. The molecule has 2 fully saturated rings. The van der Waals surface area contributed by atoms with Crippen LogP contribution in [0.15, 0.2) is 48.9 Å². The molecule has 292 valence electrons. The first kappa shape index (κ1) is 41.5. The largest absolute Gasteiger partial charge is 0.480 e. The van der Waals surface area contributed by atoms with Crippen molar-refractivity contribution in [3.8, 4) is 0 Å². The maximum atomic E-state index is 14.5. The number of amides is 5. The van der Waals surface area contributed by atoms with E-state index in [-0.39, 0.29) is 42.8 Å². The highest BCUT2D eigenvalue weighted by Gasteiger charge is 2.52. The van der Waals surface area contributed by atoms with Gasteiger partial charge in [-0.2, -0.15) is 0 Å². The Bertz CT molecular complexity index is 1680. The molecule has 2 aromatic rings. The number of ketones is 1. The predicted octanol–water partition coefficient (Wildman–Crippen LogP) is 2.06. The maximum Gasteiger partial charge on any atom is 0.326 e. The number of nitrogens with one attached hydrogen (secondary N) is 4. The van der Waals surface area contributed by atoms with Gasteiger partial charge in [0.25, 0.3) is 11.8 Å². The molecular formula is C39H53N7O8. The molecule has 1 aromatic carbocycles. The Morgan fingerprint density at radius 1 is 0.926 bits per heavy atom. The number of hydrogen-bond donors (Lipinski definition) is 5. The number of carbonyl (C=O) groups is 7. The summed E-state index contributed by atoms with van der Waals surface area (Å²) in [6.45, 7) is 11.0. The molecule has 0 radical (unpaired) electrons. The van der Waals surface area contributed by atoms with Crippen LogP contribution in [0.25, 0.3) is 0 Å². The molecule has 15 heteroatoms. The van der Waals surface area contributed by atoms with Gasteiger partial charge in [-0.05, 0) is 48.0 Å². The molecule has 2 aliphatic rings. The minimum atomic E-state index is -1.37. The summed E-state index contributed by atoms with van der Waals surface area (Å²) in [5.74, 6) is -6.20. The van der Waals surface area contributed by atoms with E-state index in [0.717, 1.165) is 12.8 Å². The number of fused-ring (bicyclic) bond motifs is 1. The van der Waals surface area contributed by atoms with Gasteiger partial charge in [-0.1, -0.05) is 84.7 Å². The van der Waals surface area contributed by atoms with Crippen molar-refractivity contribution in [3.05, 3.63) is 60.2 Å². The first-order valence-electron chi connectivity index (χ1n) is 18.6. The lowest BCUT2D eigenvalue weighted by Crippen LogP contribution is -2.62. The summed E-state index contributed by atoms with van der Waals surface area (Å²) in [5, 5.41) is 20.4. The molecule has 5 amide bonds. The highest BCUT2D eigenvalue weighted by molar-refractivity contribution is 6.38. The summed E-state index contributed by atoms with van der Waals surface area (Å²) in [5.41, 5.74) is -0.131. The lowest BCUT2D eigenvalue weighted by Gasteiger charge is -2.37. The fourth-order valence-electron chi connectivity index (χ4n) is 7.33. The molecule has 5 N–H and O–H groups in total. The smallest absolute Gasteiger partial charge is 0.326 e. The van der Waals surface area contributed by atoms with E-state index >= 15 is 0 Å². The van der Waals surface area contributed by atoms with E-state index in [2.05, 4.69) is 31.2 Å². The number of aromatic nitrogens is 2. The zero-order chi connectivity index (χ0) is 39.7. The van der Waals surface area contributed by atoms with E-state index in [1.165, 1.54) is 23.5 Å². The van der Waals surface area contributed by atoms with Gasteiger partial charge in [0, 0.05) is 25.4 Å². The molecule has 15 nitrogen and oxygen atoms in total. The van der Waals surface area contributed by atoms with Crippen molar-refractivity contribution in [1.82, 2.24) is 36.1 Å². The number of likely N-dealkylation sites (tertiary alicyclic amines) is 1. The zero-order valence-corrected chi connectivity index (χ0v) is 31.8. The van der Waals surface area contributed by atoms with Crippen molar-refractivity contribution in [2.75, 3.05) is 6.54 Å². The third-order valence-corrected chi connectivity index (χ3v) is 10.2. The molecule has 54 heavy (non-hydrogen) atoms. The number of Topliss-reactive ketones (excluding diaryl/α,β-unsaturated/α-hetero) is 1. The van der Waals surface area contributed by atoms with Gasteiger partial charge in [0.15, 0.2) is 0 Å². The van der Waals surface area contributed by atoms with E-state index in [4.69, 9.17) is 0 Å². The second kappa shape index (κ2) is 18.2. The predicted molar refractivity (Wildman–Crippen MR) is 197 cm³/mol. The highest BCUT2D eigenvalue weighted by Crippen LogP contribution is 2.43. The molecule has 0 spiro atoms. The van der Waals surface area contributed by atoms with Crippen LogP contribution in [0.3, 0.4) is 0 Å². The van der Waals surface area contributed by atoms with E-state index < -0.39 is 76.9 Å². The van der Waals surface area contributed by atoms with Crippen molar-refractivity contribution >= 4 is 41.3 Å². The Hall–Kier alpha value is -5.21. The van der Waals surface area contributed by atoms with Gasteiger partial charge >= 0.3 is 5.97 Å². The van der Waals surface area contributed by atoms with Crippen LogP contribution in [0, 0.1) is 23.2 Å². The number of nitrogens with zero attached hydrogens (tertiary/aromatic N) is 3. The van der Waals surface area contributed by atoms with Crippen LogP contribution in [0.1, 0.15) is 89.7 Å². The summed E-state index contributed by atoms with van der Waals surface area (Å²) in [6, 6.07) is 2.98. The number of hydrogen-bond acceptors (Lipinski definition) is 9. The number of carboxylic acid groups (broad SMARTS) is 1. The van der Waals surface area contributed by atoms with Crippen molar-refractivity contribution in [2.24, 2.45) is 23.2 Å². The van der Waals surface area contributed by atoms with Crippen molar-refractivity contribution in [2.45, 2.75) is 110 Å². The fourth-order valence-corrected chi connectivity index (χ4v) is 7.33. The molecule has 1 saturated carbocycles. The summed E-state index contributed by atoms with van der Waals surface area (Å²) >= 11 is 0. The third-order valence-electron chi connectivity index (χ3n) is 10.2. The van der Waals surface area contributed by atoms with Crippen LogP contribution in [-0.2, 0) is 35.2 Å². The number of benzene rings is 1. The lowest BCUT2D eigenvalue weighted by atomic mass is 9.85. The van der Waals surface area contributed by atoms with Crippen LogP contribution in [0.5, 0.6) is 0 Å². The van der Waals surface area contributed by atoms with Gasteiger partial charge in [-0.15, -0.1) is 0 Å². The minimum Gasteiger partial charge on any atom is -0.480 e. The Balaban J connectivity index is 1.52. The second-order valence-electron chi connectivity index (χ2n) is 15.7. The van der Waals surface area contributed by atoms with E-state index in [0.29, 0.717) is 18.4 Å². The Morgan fingerprint density at radius 3 is 2.22 bits per heavy atom. The van der Waals surface area contributed by atoms with Crippen LogP contribution >= 0.6 is 0 Å². The van der Waals surface area contributed by atoms with Gasteiger partial charge in [0.1, 0.15) is 29.9 Å². The normalized spacial score (nSPS) is 20.2. The molecule has 2 heterocycles. The van der Waals surface area contributed by atoms with Crippen molar-refractivity contribution < 1.29 is 38.7 Å². The summed E-state index contributed by atoms with van der Waals surface area (Å²) < 4.78 is 0. The molecule has 7 atom stereocenters. The molecule has 1 unspecified atom stereocenters. The lowest BCUT2D eigenvalue weighted by molar-refractivity contribution is -0.147. The molecule has 1 aliphatic carbocycles. The topological polar surface area (TPSA) is 217 Å². The molecule has 1 saturated heterocycles. The fraction of sp³-hybridized carbons (Fsp3) is 0.564. The first-order chi connectivity index (χ1) is 25.5. The Labute approximate surface area is 315 Å². The zero-order valence-electron chi connectivity index (χ0n) is 31.8. The van der Waals surface area contributed by atoms with Crippen molar-refractivity contribution in [3.63, 3.8) is 0 Å². The average Bonchev–Trinajstić information content (AvgIpc) is 3.73. The summed E-state index contributed by atoms with van der Waals surface area (Å²) in [6.07, 6.45) is 6.90. The molecule has 1 aromatic heterocycles. The van der Waals surface area contributed by atoms with E-state index in [1.807, 2.05) is 0 Å². The monoisotopic (exact) mass is 747 g/mol. The first-order valence-corrected chi connectivity index (χ1v) is 18.6.